The van der Waals surface area contributed by atoms with E-state index in [1.165, 1.54) is 30.7 Å². The van der Waals surface area contributed by atoms with Crippen LogP contribution in [0.4, 0.5) is 5.69 Å². The zero-order chi connectivity index (χ0) is 12.5. The van der Waals surface area contributed by atoms with Gasteiger partial charge in [-0.2, -0.15) is 8.42 Å². The fourth-order valence-corrected chi connectivity index (χ4v) is 2.31. The minimum Gasteiger partial charge on any atom is -0.506 e. The average Bonchev–Trinajstić information content (AvgIpc) is 2.77. The summed E-state index contributed by atoms with van der Waals surface area (Å²) in [5.74, 6) is -0.115. The summed E-state index contributed by atoms with van der Waals surface area (Å²) in [4.78, 5) is 6.10. The smallest absolute Gasteiger partial charge is 0.278 e. The molecule has 2 aromatic rings. The van der Waals surface area contributed by atoms with Gasteiger partial charge in [-0.1, -0.05) is 11.6 Å². The van der Waals surface area contributed by atoms with Gasteiger partial charge in [-0.25, -0.2) is 4.98 Å². The number of nitrogens with zero attached hydrogens (tertiary/aromatic N) is 1. The van der Waals surface area contributed by atoms with Crippen LogP contribution in [0, 0.1) is 0 Å². The Morgan fingerprint density at radius 3 is 2.76 bits per heavy atom. The number of phenolic OH excluding ortho intramolecular Hbond substituents is 1. The van der Waals surface area contributed by atoms with Crippen LogP contribution in [0.25, 0.3) is 0 Å². The largest absolute Gasteiger partial charge is 0.506 e. The van der Waals surface area contributed by atoms with Crippen molar-refractivity contribution in [3.8, 4) is 5.75 Å². The molecule has 1 aromatic carbocycles. The molecule has 0 saturated heterocycles. The first kappa shape index (κ1) is 11.7. The van der Waals surface area contributed by atoms with Crippen molar-refractivity contribution in [3.63, 3.8) is 0 Å². The van der Waals surface area contributed by atoms with Crippen LogP contribution in [-0.4, -0.2) is 23.5 Å². The lowest BCUT2D eigenvalue weighted by molar-refractivity contribution is 0.475. The molecular weight excluding hydrogens is 266 g/mol. The van der Waals surface area contributed by atoms with Crippen molar-refractivity contribution in [2.24, 2.45) is 0 Å². The van der Waals surface area contributed by atoms with Crippen molar-refractivity contribution in [1.29, 1.82) is 0 Å². The maximum absolute atomic E-state index is 11.8. The van der Waals surface area contributed by atoms with E-state index in [0.717, 1.165) is 0 Å². The summed E-state index contributed by atoms with van der Waals surface area (Å²) in [6, 6.07) is 4.01. The summed E-state index contributed by atoms with van der Waals surface area (Å²) in [5, 5.41) is 9.21. The Morgan fingerprint density at radius 1 is 1.41 bits per heavy atom. The van der Waals surface area contributed by atoms with Gasteiger partial charge < -0.3 is 10.1 Å². The first-order chi connectivity index (χ1) is 7.99. The van der Waals surface area contributed by atoms with Gasteiger partial charge in [-0.05, 0) is 18.2 Å². The van der Waals surface area contributed by atoms with Crippen LogP contribution in [-0.2, 0) is 10.0 Å². The van der Waals surface area contributed by atoms with E-state index in [9.17, 15) is 13.5 Å². The van der Waals surface area contributed by atoms with Crippen LogP contribution in [0.5, 0.6) is 5.75 Å². The number of benzene rings is 1. The molecule has 0 radical (unpaired) electrons. The highest BCUT2D eigenvalue weighted by molar-refractivity contribution is 7.92. The van der Waals surface area contributed by atoms with Gasteiger partial charge in [0.2, 0.25) is 0 Å². The predicted octanol–water partition coefficient (Wildman–Crippen LogP) is 1.57. The molecule has 0 saturated carbocycles. The van der Waals surface area contributed by atoms with Crippen molar-refractivity contribution < 1.29 is 13.5 Å². The van der Waals surface area contributed by atoms with Crippen LogP contribution >= 0.6 is 11.6 Å². The molecule has 3 N–H and O–H groups in total. The normalized spacial score (nSPS) is 11.4. The second-order valence-corrected chi connectivity index (χ2v) is 5.25. The molecule has 0 unspecified atom stereocenters. The van der Waals surface area contributed by atoms with Crippen LogP contribution in [0.15, 0.2) is 35.7 Å². The fraction of sp³-hybridized carbons (Fsp3) is 0. The minimum absolute atomic E-state index is 0.0540. The lowest BCUT2D eigenvalue weighted by atomic mass is 10.3. The van der Waals surface area contributed by atoms with Crippen molar-refractivity contribution in [2.75, 3.05) is 4.72 Å². The summed E-state index contributed by atoms with van der Waals surface area (Å²) in [7, 11) is -3.71. The van der Waals surface area contributed by atoms with E-state index in [0.29, 0.717) is 0 Å². The van der Waals surface area contributed by atoms with Gasteiger partial charge in [0.25, 0.3) is 10.0 Å². The van der Waals surface area contributed by atoms with Gasteiger partial charge in [0, 0.05) is 0 Å². The number of halogens is 1. The summed E-state index contributed by atoms with van der Waals surface area (Å²) < 4.78 is 25.8. The van der Waals surface area contributed by atoms with Gasteiger partial charge in [-0.15, -0.1) is 0 Å². The first-order valence-electron chi connectivity index (χ1n) is 4.49. The Bertz CT molecular complexity index is 625. The number of anilines is 1. The molecule has 0 amide bonds. The van der Waals surface area contributed by atoms with Crippen LogP contribution in [0.3, 0.4) is 0 Å². The van der Waals surface area contributed by atoms with E-state index in [-0.39, 0.29) is 21.5 Å². The molecule has 1 aromatic heterocycles. The highest BCUT2D eigenvalue weighted by Crippen LogP contribution is 2.27. The van der Waals surface area contributed by atoms with Gasteiger partial charge in [0.1, 0.15) is 5.75 Å². The highest BCUT2D eigenvalue weighted by Gasteiger charge is 2.15. The van der Waals surface area contributed by atoms with Crippen LogP contribution in [0.2, 0.25) is 5.02 Å². The first-order valence-corrected chi connectivity index (χ1v) is 6.35. The monoisotopic (exact) mass is 273 g/mol. The second-order valence-electron chi connectivity index (χ2n) is 3.19. The Hall–Kier alpha value is -1.73. The molecule has 6 nitrogen and oxygen atoms in total. The fourth-order valence-electron chi connectivity index (χ4n) is 1.17. The second kappa shape index (κ2) is 4.27. The quantitative estimate of drug-likeness (QED) is 0.740. The molecule has 0 fully saturated rings. The standard InChI is InChI=1S/C9H8ClN3O3S/c10-7-3-6(1-2-8(7)14)13-17(15,16)9-4-11-5-12-9/h1-5,13-14H,(H,11,12). The highest BCUT2D eigenvalue weighted by atomic mass is 35.5. The van der Waals surface area contributed by atoms with Gasteiger partial charge in [0.05, 0.1) is 23.2 Å². The van der Waals surface area contributed by atoms with E-state index >= 15 is 0 Å². The van der Waals surface area contributed by atoms with Crippen molar-refractivity contribution >= 4 is 27.3 Å². The van der Waals surface area contributed by atoms with E-state index in [1.807, 2.05) is 0 Å². The van der Waals surface area contributed by atoms with Crippen LogP contribution in [0.1, 0.15) is 0 Å². The van der Waals surface area contributed by atoms with E-state index in [2.05, 4.69) is 14.7 Å². The number of hydrogen-bond donors (Lipinski definition) is 3. The summed E-state index contributed by atoms with van der Waals surface area (Å²) in [6.45, 7) is 0. The molecule has 0 aliphatic carbocycles. The number of aromatic hydroxyl groups is 1. The van der Waals surface area contributed by atoms with E-state index < -0.39 is 10.0 Å². The third-order valence-corrected chi connectivity index (χ3v) is 3.57. The lowest BCUT2D eigenvalue weighted by Gasteiger charge is -2.06. The summed E-state index contributed by atoms with van der Waals surface area (Å²) in [5.41, 5.74) is 0.252. The van der Waals surface area contributed by atoms with E-state index in [1.54, 1.807) is 0 Å². The zero-order valence-corrected chi connectivity index (χ0v) is 9.96. The molecule has 8 heteroatoms. The topological polar surface area (TPSA) is 95.1 Å². The third-order valence-electron chi connectivity index (χ3n) is 1.96. The maximum atomic E-state index is 11.8. The number of H-pyrrole nitrogens is 1. The number of hydrogen-bond acceptors (Lipinski definition) is 4. The number of imidazole rings is 1. The Balaban J connectivity index is 2.30. The number of sulfonamides is 1. The number of rotatable bonds is 3. The molecule has 0 bridgehead atoms. The summed E-state index contributed by atoms with van der Waals surface area (Å²) in [6.07, 6.45) is 2.45. The third kappa shape index (κ3) is 2.51. The van der Waals surface area contributed by atoms with Crippen molar-refractivity contribution in [1.82, 2.24) is 9.97 Å². The number of aromatic amines is 1. The maximum Gasteiger partial charge on any atom is 0.278 e. The number of nitrogens with one attached hydrogen (secondary N) is 2. The van der Waals surface area contributed by atoms with Crippen molar-refractivity contribution in [3.05, 3.63) is 35.7 Å². The minimum atomic E-state index is -3.71. The molecule has 0 atom stereocenters. The molecule has 2 rings (SSSR count). The zero-order valence-electron chi connectivity index (χ0n) is 8.38. The molecule has 0 spiro atoms. The Morgan fingerprint density at radius 2 is 2.18 bits per heavy atom. The molecule has 17 heavy (non-hydrogen) atoms. The average molecular weight is 274 g/mol. The van der Waals surface area contributed by atoms with Crippen LogP contribution < -0.4 is 4.72 Å². The lowest BCUT2D eigenvalue weighted by Crippen LogP contribution is -2.13. The SMILES string of the molecule is O=S(=O)(Nc1ccc(O)c(Cl)c1)c1cnc[nH]1. The number of phenols is 1. The molecule has 0 aliphatic heterocycles. The molecule has 90 valence electrons. The summed E-state index contributed by atoms with van der Waals surface area (Å²) >= 11 is 5.66. The van der Waals surface area contributed by atoms with E-state index in [4.69, 9.17) is 11.6 Å². The van der Waals surface area contributed by atoms with Crippen molar-refractivity contribution in [2.45, 2.75) is 5.03 Å². The van der Waals surface area contributed by atoms with Gasteiger partial charge in [0.15, 0.2) is 5.03 Å². The Labute approximate surface area is 102 Å². The number of aromatic nitrogens is 2. The predicted molar refractivity (Wildman–Crippen MR) is 62.5 cm³/mol. The Kier molecular flexibility index (Phi) is 2.95. The molecule has 0 aliphatic rings. The van der Waals surface area contributed by atoms with Gasteiger partial charge in [-0.3, -0.25) is 4.72 Å². The van der Waals surface area contributed by atoms with Gasteiger partial charge >= 0.3 is 0 Å². The molecule has 1 heterocycles. The molecular formula is C9H8ClN3O3S.